The Labute approximate surface area is 130 Å². The largest absolute Gasteiger partial charge is 0.356 e. The summed E-state index contributed by atoms with van der Waals surface area (Å²) in [6, 6.07) is 1.46. The Morgan fingerprint density at radius 3 is 2.86 bits per heavy atom. The average Bonchev–Trinajstić information content (AvgIpc) is 2.83. The molecule has 1 aliphatic heterocycles. The van der Waals surface area contributed by atoms with Gasteiger partial charge in [0.1, 0.15) is 17.3 Å². The Kier molecular flexibility index (Phi) is 4.80. The van der Waals surface area contributed by atoms with E-state index >= 15 is 0 Å². The summed E-state index contributed by atoms with van der Waals surface area (Å²) < 4.78 is 23.2. The smallest absolute Gasteiger partial charge is 0.270 e. The van der Waals surface area contributed by atoms with Gasteiger partial charge in [-0.2, -0.15) is 0 Å². The molecule has 120 valence electrons. The Morgan fingerprint density at radius 1 is 1.55 bits per heavy atom. The highest BCUT2D eigenvalue weighted by molar-refractivity contribution is 7.91. The van der Waals surface area contributed by atoms with Gasteiger partial charge in [-0.25, -0.2) is 18.4 Å². The number of aryl methyl sites for hydroxylation is 1. The first-order valence-electron chi connectivity index (χ1n) is 7.00. The number of amides is 1. The summed E-state index contributed by atoms with van der Waals surface area (Å²) in [6.45, 7) is 5.60. The van der Waals surface area contributed by atoms with Gasteiger partial charge >= 0.3 is 0 Å². The second-order valence-electron chi connectivity index (χ2n) is 5.33. The zero-order valence-corrected chi connectivity index (χ0v) is 13.6. The van der Waals surface area contributed by atoms with Gasteiger partial charge in [-0.15, -0.1) is 6.58 Å². The molecule has 22 heavy (non-hydrogen) atoms. The molecule has 2 rings (SSSR count). The molecule has 1 fully saturated rings. The van der Waals surface area contributed by atoms with Gasteiger partial charge in [0.05, 0.1) is 11.5 Å². The highest BCUT2D eigenvalue weighted by atomic mass is 32.2. The van der Waals surface area contributed by atoms with E-state index in [-0.39, 0.29) is 29.1 Å². The third-order valence-corrected chi connectivity index (χ3v) is 5.33. The Bertz CT molecular complexity index is 687. The van der Waals surface area contributed by atoms with Crippen LogP contribution in [0.1, 0.15) is 22.7 Å². The highest BCUT2D eigenvalue weighted by Crippen LogP contribution is 2.22. The molecule has 0 aliphatic carbocycles. The number of carbonyl (C=O) groups excluding carboxylic acids is 1. The van der Waals surface area contributed by atoms with E-state index in [0.717, 1.165) is 0 Å². The third-order valence-electron chi connectivity index (χ3n) is 3.58. The number of sulfone groups is 1. The van der Waals surface area contributed by atoms with Gasteiger partial charge in [0, 0.05) is 25.7 Å². The maximum absolute atomic E-state index is 12.0. The minimum atomic E-state index is -2.97. The van der Waals surface area contributed by atoms with Crippen molar-refractivity contribution >= 4 is 21.6 Å². The first-order valence-corrected chi connectivity index (χ1v) is 8.82. The molecule has 1 saturated heterocycles. The first-order chi connectivity index (χ1) is 10.3. The molecular formula is C14H20N4O3S. The Morgan fingerprint density at radius 2 is 2.27 bits per heavy atom. The molecule has 0 bridgehead atoms. The van der Waals surface area contributed by atoms with Gasteiger partial charge < -0.3 is 10.2 Å². The summed E-state index contributed by atoms with van der Waals surface area (Å²) in [4.78, 5) is 22.2. The normalized spacial score (nSPS) is 19.6. The number of anilines is 1. The van der Waals surface area contributed by atoms with E-state index < -0.39 is 9.84 Å². The number of aromatic nitrogens is 2. The second kappa shape index (κ2) is 6.43. The van der Waals surface area contributed by atoms with E-state index in [0.29, 0.717) is 24.6 Å². The Balaban J connectivity index is 2.22. The monoisotopic (exact) mass is 324 g/mol. The molecule has 0 spiro atoms. The number of hydrogen-bond acceptors (Lipinski definition) is 6. The summed E-state index contributed by atoms with van der Waals surface area (Å²) in [5.41, 5.74) is 0.261. The molecule has 7 nitrogen and oxygen atoms in total. The van der Waals surface area contributed by atoms with Crippen LogP contribution in [-0.4, -0.2) is 55.4 Å². The lowest BCUT2D eigenvalue weighted by atomic mass is 10.2. The van der Waals surface area contributed by atoms with Crippen LogP contribution in [0.15, 0.2) is 18.7 Å². The number of nitrogens with one attached hydrogen (secondary N) is 1. The summed E-state index contributed by atoms with van der Waals surface area (Å²) in [7, 11) is -1.18. The quantitative estimate of drug-likeness (QED) is 0.785. The zero-order valence-electron chi connectivity index (χ0n) is 12.7. The van der Waals surface area contributed by atoms with Crippen molar-refractivity contribution in [3.8, 4) is 0 Å². The average molecular weight is 324 g/mol. The van der Waals surface area contributed by atoms with E-state index in [4.69, 9.17) is 0 Å². The van der Waals surface area contributed by atoms with Gasteiger partial charge in [-0.1, -0.05) is 6.08 Å². The highest BCUT2D eigenvalue weighted by Gasteiger charge is 2.31. The van der Waals surface area contributed by atoms with Crippen LogP contribution in [0.2, 0.25) is 0 Å². The van der Waals surface area contributed by atoms with Crippen molar-refractivity contribution in [3.63, 3.8) is 0 Å². The van der Waals surface area contributed by atoms with Gasteiger partial charge in [0.25, 0.3) is 5.91 Å². The van der Waals surface area contributed by atoms with E-state index in [9.17, 15) is 13.2 Å². The molecule has 0 saturated carbocycles. The molecule has 1 aromatic heterocycles. The predicted molar refractivity (Wildman–Crippen MR) is 84.8 cm³/mol. The number of carbonyl (C=O) groups is 1. The molecule has 1 aliphatic rings. The minimum Gasteiger partial charge on any atom is -0.356 e. The van der Waals surface area contributed by atoms with E-state index in [2.05, 4.69) is 21.9 Å². The van der Waals surface area contributed by atoms with Crippen LogP contribution in [0.25, 0.3) is 0 Å². The topological polar surface area (TPSA) is 92.3 Å². The molecule has 1 atom stereocenters. The lowest BCUT2D eigenvalue weighted by Gasteiger charge is -2.24. The van der Waals surface area contributed by atoms with Crippen LogP contribution < -0.4 is 10.2 Å². The van der Waals surface area contributed by atoms with Crippen LogP contribution in [-0.2, 0) is 9.84 Å². The maximum Gasteiger partial charge on any atom is 0.270 e. The van der Waals surface area contributed by atoms with E-state index in [1.165, 1.54) is 0 Å². The minimum absolute atomic E-state index is 0.116. The SMILES string of the molecule is C=CCNC(=O)c1cc(N(C)C2CCS(=O)(=O)C2)nc(C)n1. The standard InChI is InChI=1S/C14H20N4O3S/c1-4-6-15-14(19)12-8-13(17-10(2)16-12)18(3)11-5-7-22(20,21)9-11/h4,8,11H,1,5-7,9H2,2-3H3,(H,15,19). The van der Waals surface area contributed by atoms with Crippen LogP contribution in [0.4, 0.5) is 5.82 Å². The number of nitrogens with zero attached hydrogens (tertiary/aromatic N) is 3. The molecular weight excluding hydrogens is 304 g/mol. The zero-order chi connectivity index (χ0) is 16.3. The summed E-state index contributed by atoms with van der Waals surface area (Å²) in [5, 5.41) is 2.66. The van der Waals surface area contributed by atoms with Gasteiger partial charge in [-0.3, -0.25) is 4.79 Å². The van der Waals surface area contributed by atoms with Crippen LogP contribution in [0.3, 0.4) is 0 Å². The molecule has 1 amide bonds. The summed E-state index contributed by atoms with van der Waals surface area (Å²) in [6.07, 6.45) is 2.16. The molecule has 0 aromatic carbocycles. The molecule has 0 radical (unpaired) electrons. The van der Waals surface area contributed by atoms with E-state index in [1.807, 2.05) is 4.90 Å². The fourth-order valence-corrected chi connectivity index (χ4v) is 4.15. The van der Waals surface area contributed by atoms with Gasteiger partial charge in [-0.05, 0) is 13.3 Å². The molecule has 1 aromatic rings. The van der Waals surface area contributed by atoms with Crippen LogP contribution in [0, 0.1) is 6.92 Å². The molecule has 2 heterocycles. The maximum atomic E-state index is 12.0. The van der Waals surface area contributed by atoms with Crippen LogP contribution in [0.5, 0.6) is 0 Å². The lowest BCUT2D eigenvalue weighted by Crippen LogP contribution is -2.34. The first kappa shape index (κ1) is 16.4. The number of hydrogen-bond donors (Lipinski definition) is 1. The lowest BCUT2D eigenvalue weighted by molar-refractivity contribution is 0.0952. The van der Waals surface area contributed by atoms with Gasteiger partial charge in [0.2, 0.25) is 0 Å². The van der Waals surface area contributed by atoms with Crippen molar-refractivity contribution in [1.29, 1.82) is 0 Å². The van der Waals surface area contributed by atoms with Crippen molar-refractivity contribution in [2.45, 2.75) is 19.4 Å². The number of rotatable bonds is 5. The van der Waals surface area contributed by atoms with Crippen molar-refractivity contribution in [1.82, 2.24) is 15.3 Å². The predicted octanol–water partition coefficient (Wildman–Crippen LogP) is 0.324. The third kappa shape index (κ3) is 3.82. The fraction of sp³-hybridized carbons (Fsp3) is 0.500. The van der Waals surface area contributed by atoms with Crippen LogP contribution >= 0.6 is 0 Å². The molecule has 1 N–H and O–H groups in total. The fourth-order valence-electron chi connectivity index (χ4n) is 2.37. The van der Waals surface area contributed by atoms with Gasteiger partial charge in [0.15, 0.2) is 9.84 Å². The van der Waals surface area contributed by atoms with E-state index in [1.54, 1.807) is 26.1 Å². The van der Waals surface area contributed by atoms with Crippen molar-refractivity contribution in [2.24, 2.45) is 0 Å². The Hall–Kier alpha value is -1.96. The second-order valence-corrected chi connectivity index (χ2v) is 7.55. The van der Waals surface area contributed by atoms with Crippen molar-refractivity contribution < 1.29 is 13.2 Å². The summed E-state index contributed by atoms with van der Waals surface area (Å²) in [5.74, 6) is 1.02. The van der Waals surface area contributed by atoms with Crippen molar-refractivity contribution in [3.05, 3.63) is 30.2 Å². The van der Waals surface area contributed by atoms with Crippen molar-refractivity contribution in [2.75, 3.05) is 30.0 Å². The summed E-state index contributed by atoms with van der Waals surface area (Å²) >= 11 is 0. The molecule has 1 unspecified atom stereocenters. The molecule has 8 heteroatoms.